The molecule has 5 nitrogen and oxygen atoms in total. The molecule has 3 aromatic rings. The summed E-state index contributed by atoms with van der Waals surface area (Å²) in [5, 5.41) is 0.981. The second-order valence-corrected chi connectivity index (χ2v) is 5.99. The number of carbonyl (C=O) groups is 2. The molecule has 1 heterocycles. The summed E-state index contributed by atoms with van der Waals surface area (Å²) in [6.07, 6.45) is 1.07. The second kappa shape index (κ2) is 7.87. The van der Waals surface area contributed by atoms with Crippen molar-refractivity contribution in [3.05, 3.63) is 65.9 Å². The van der Waals surface area contributed by atoms with Gasteiger partial charge in [0.15, 0.2) is 6.10 Å². The molecule has 0 aliphatic heterocycles. The highest BCUT2D eigenvalue weighted by molar-refractivity contribution is 6.00. The monoisotopic (exact) mass is 351 g/mol. The van der Waals surface area contributed by atoms with Crippen molar-refractivity contribution in [1.29, 1.82) is 0 Å². The van der Waals surface area contributed by atoms with Crippen LogP contribution in [-0.2, 0) is 16.0 Å². The zero-order chi connectivity index (χ0) is 18.5. The van der Waals surface area contributed by atoms with E-state index in [1.807, 2.05) is 31.2 Å². The lowest BCUT2D eigenvalue weighted by atomic mass is 10.1. The summed E-state index contributed by atoms with van der Waals surface area (Å²) >= 11 is 0. The smallest absolute Gasteiger partial charge is 0.311 e. The van der Waals surface area contributed by atoms with Gasteiger partial charge in [-0.25, -0.2) is 0 Å². The minimum Gasteiger partial charge on any atom is -0.494 e. The van der Waals surface area contributed by atoms with Crippen molar-refractivity contribution >= 4 is 22.7 Å². The molecule has 1 aromatic heterocycles. The molecule has 2 aromatic carbocycles. The zero-order valence-corrected chi connectivity index (χ0v) is 14.8. The SMILES string of the molecule is CCOc1ccc(C(=O)[C@H](C)OC(=O)Cc2c[nH]c3ccccc23)cc1. The average Bonchev–Trinajstić information content (AvgIpc) is 3.05. The number of nitrogens with one attached hydrogen (secondary N) is 1. The van der Waals surface area contributed by atoms with E-state index in [4.69, 9.17) is 9.47 Å². The fourth-order valence-electron chi connectivity index (χ4n) is 2.84. The Hall–Kier alpha value is -3.08. The minimum atomic E-state index is -0.842. The number of hydrogen-bond donors (Lipinski definition) is 1. The van der Waals surface area contributed by atoms with E-state index in [0.717, 1.165) is 16.5 Å². The molecule has 0 saturated carbocycles. The number of H-pyrrole nitrogens is 1. The first-order valence-corrected chi connectivity index (χ1v) is 8.60. The lowest BCUT2D eigenvalue weighted by Gasteiger charge is -2.12. The zero-order valence-electron chi connectivity index (χ0n) is 14.8. The Morgan fingerprint density at radius 2 is 1.81 bits per heavy atom. The van der Waals surface area contributed by atoms with E-state index in [1.54, 1.807) is 37.4 Å². The van der Waals surface area contributed by atoms with Crippen LogP contribution in [0.3, 0.4) is 0 Å². The maximum absolute atomic E-state index is 12.4. The fraction of sp³-hybridized carbons (Fsp3) is 0.238. The Kier molecular flexibility index (Phi) is 5.37. The van der Waals surface area contributed by atoms with Gasteiger partial charge in [0.2, 0.25) is 5.78 Å². The summed E-state index contributed by atoms with van der Waals surface area (Å²) < 4.78 is 10.7. The highest BCUT2D eigenvalue weighted by Crippen LogP contribution is 2.19. The van der Waals surface area contributed by atoms with Gasteiger partial charge in [0.25, 0.3) is 0 Å². The summed E-state index contributed by atoms with van der Waals surface area (Å²) in [7, 11) is 0. The molecule has 0 spiro atoms. The van der Waals surface area contributed by atoms with Crippen LogP contribution in [0.1, 0.15) is 29.8 Å². The third-order valence-electron chi connectivity index (χ3n) is 4.14. The minimum absolute atomic E-state index is 0.116. The topological polar surface area (TPSA) is 68.4 Å². The van der Waals surface area contributed by atoms with Crippen LogP contribution in [0.5, 0.6) is 5.75 Å². The number of para-hydroxylation sites is 1. The molecule has 1 atom stereocenters. The summed E-state index contributed by atoms with van der Waals surface area (Å²) in [5.41, 5.74) is 2.31. The van der Waals surface area contributed by atoms with E-state index in [-0.39, 0.29) is 12.2 Å². The molecule has 3 rings (SSSR count). The van der Waals surface area contributed by atoms with Gasteiger partial charge in [-0.05, 0) is 49.7 Å². The molecule has 5 heteroatoms. The number of ether oxygens (including phenoxy) is 2. The number of hydrogen-bond acceptors (Lipinski definition) is 4. The molecule has 0 radical (unpaired) electrons. The number of ketones is 1. The Bertz CT molecular complexity index is 911. The molecule has 0 unspecified atom stereocenters. The van der Waals surface area contributed by atoms with Crippen LogP contribution in [0.4, 0.5) is 0 Å². The van der Waals surface area contributed by atoms with Gasteiger partial charge in [0.1, 0.15) is 5.75 Å². The van der Waals surface area contributed by atoms with E-state index in [2.05, 4.69) is 4.98 Å². The summed E-state index contributed by atoms with van der Waals surface area (Å²) in [6, 6.07) is 14.6. The summed E-state index contributed by atoms with van der Waals surface area (Å²) in [5.74, 6) is 0.0369. The lowest BCUT2D eigenvalue weighted by molar-refractivity contribution is -0.145. The molecule has 0 amide bonds. The average molecular weight is 351 g/mol. The maximum atomic E-state index is 12.4. The van der Waals surface area contributed by atoms with Crippen molar-refractivity contribution in [2.45, 2.75) is 26.4 Å². The summed E-state index contributed by atoms with van der Waals surface area (Å²) in [4.78, 5) is 27.8. The first-order valence-electron chi connectivity index (χ1n) is 8.60. The maximum Gasteiger partial charge on any atom is 0.311 e. The first kappa shape index (κ1) is 17.7. The van der Waals surface area contributed by atoms with E-state index < -0.39 is 12.1 Å². The van der Waals surface area contributed by atoms with Crippen molar-refractivity contribution in [3.8, 4) is 5.75 Å². The van der Waals surface area contributed by atoms with E-state index in [1.165, 1.54) is 0 Å². The van der Waals surface area contributed by atoms with Gasteiger partial charge < -0.3 is 14.5 Å². The van der Waals surface area contributed by atoms with Gasteiger partial charge in [-0.3, -0.25) is 9.59 Å². The molecule has 26 heavy (non-hydrogen) atoms. The molecule has 134 valence electrons. The Labute approximate surface area is 151 Å². The van der Waals surface area contributed by atoms with Crippen molar-refractivity contribution < 1.29 is 19.1 Å². The number of aromatic amines is 1. The molecule has 0 saturated heterocycles. The number of benzene rings is 2. The second-order valence-electron chi connectivity index (χ2n) is 5.99. The highest BCUT2D eigenvalue weighted by atomic mass is 16.5. The standard InChI is InChI=1S/C21H21NO4/c1-3-25-17-10-8-15(9-11-17)21(24)14(2)26-20(23)12-16-13-22-19-7-5-4-6-18(16)19/h4-11,13-14,22H,3,12H2,1-2H3/t14-/m0/s1. The molecule has 0 aliphatic carbocycles. The summed E-state index contributed by atoms with van der Waals surface area (Å²) in [6.45, 7) is 4.05. The number of carbonyl (C=O) groups excluding carboxylic acids is 2. The number of fused-ring (bicyclic) bond motifs is 1. The van der Waals surface area contributed by atoms with Crippen molar-refractivity contribution in [2.75, 3.05) is 6.61 Å². The molecular weight excluding hydrogens is 330 g/mol. The van der Waals surface area contributed by atoms with Gasteiger partial charge in [0, 0.05) is 22.7 Å². The van der Waals surface area contributed by atoms with Crippen LogP contribution in [-0.4, -0.2) is 29.4 Å². The number of rotatable bonds is 7. The van der Waals surface area contributed by atoms with E-state index >= 15 is 0 Å². The van der Waals surface area contributed by atoms with Crippen molar-refractivity contribution in [1.82, 2.24) is 4.98 Å². The van der Waals surface area contributed by atoms with Gasteiger partial charge in [-0.2, -0.15) is 0 Å². The number of esters is 1. The van der Waals surface area contributed by atoms with Crippen LogP contribution in [0.2, 0.25) is 0 Å². The van der Waals surface area contributed by atoms with E-state index in [0.29, 0.717) is 17.9 Å². The number of aromatic nitrogens is 1. The Morgan fingerprint density at radius 3 is 2.54 bits per heavy atom. The molecule has 0 aliphatic rings. The van der Waals surface area contributed by atoms with Gasteiger partial charge in [-0.15, -0.1) is 0 Å². The largest absolute Gasteiger partial charge is 0.494 e. The molecule has 1 N–H and O–H groups in total. The lowest BCUT2D eigenvalue weighted by Crippen LogP contribution is -2.25. The van der Waals surface area contributed by atoms with Crippen molar-refractivity contribution in [3.63, 3.8) is 0 Å². The quantitative estimate of drug-likeness (QED) is 0.517. The fourth-order valence-corrected chi connectivity index (χ4v) is 2.84. The predicted molar refractivity (Wildman–Crippen MR) is 99.5 cm³/mol. The Morgan fingerprint density at radius 1 is 1.08 bits per heavy atom. The van der Waals surface area contributed by atoms with Crippen LogP contribution >= 0.6 is 0 Å². The van der Waals surface area contributed by atoms with Crippen LogP contribution in [0.15, 0.2) is 54.7 Å². The third kappa shape index (κ3) is 3.94. The molecule has 0 fully saturated rings. The van der Waals surface area contributed by atoms with Crippen LogP contribution in [0, 0.1) is 0 Å². The highest BCUT2D eigenvalue weighted by Gasteiger charge is 2.20. The third-order valence-corrected chi connectivity index (χ3v) is 4.14. The van der Waals surface area contributed by atoms with Gasteiger partial charge in [0.05, 0.1) is 13.0 Å². The van der Waals surface area contributed by atoms with Crippen molar-refractivity contribution in [2.24, 2.45) is 0 Å². The molecule has 0 bridgehead atoms. The molecular formula is C21H21NO4. The normalized spacial score (nSPS) is 11.9. The van der Waals surface area contributed by atoms with Crippen LogP contribution in [0.25, 0.3) is 10.9 Å². The first-order chi connectivity index (χ1) is 12.6. The number of Topliss-reactive ketones (excluding diaryl/α,β-unsaturated/α-hetero) is 1. The predicted octanol–water partition coefficient (Wildman–Crippen LogP) is 3.92. The van der Waals surface area contributed by atoms with Gasteiger partial charge >= 0.3 is 5.97 Å². The van der Waals surface area contributed by atoms with E-state index in [9.17, 15) is 9.59 Å². The van der Waals surface area contributed by atoms with Gasteiger partial charge in [-0.1, -0.05) is 18.2 Å². The Balaban J connectivity index is 1.62. The van der Waals surface area contributed by atoms with Crippen LogP contribution < -0.4 is 4.74 Å².